The van der Waals surface area contributed by atoms with Gasteiger partial charge in [-0.25, -0.2) is 0 Å². The fourth-order valence-corrected chi connectivity index (χ4v) is 3.07. The Kier molecular flexibility index (Phi) is 5.60. The summed E-state index contributed by atoms with van der Waals surface area (Å²) in [6.45, 7) is 1.88. The lowest BCUT2D eigenvalue weighted by Crippen LogP contribution is -2.26. The van der Waals surface area contributed by atoms with Crippen LogP contribution in [-0.4, -0.2) is 22.0 Å². The minimum absolute atomic E-state index is 0.0995. The van der Waals surface area contributed by atoms with E-state index in [2.05, 4.69) is 20.8 Å². The molecule has 0 saturated heterocycles. The Balaban J connectivity index is 1.65. The maximum atomic E-state index is 12.3. The molecule has 132 valence electrons. The molecule has 0 unspecified atom stereocenters. The number of carbonyl (C=O) groups excluding carboxylic acids is 2. The summed E-state index contributed by atoms with van der Waals surface area (Å²) in [5, 5.41) is 13.9. The molecular weight excluding hydrogens is 372 g/mol. The van der Waals surface area contributed by atoms with E-state index >= 15 is 0 Å². The standard InChI is InChI=1S/C18H15ClN4O2S/c1-11(12-6-3-2-4-7-12)20-15(24)17-22-23-18(26-17)16(25)21-14-9-5-8-13(19)10-14/h2-11H,1H3,(H,20,24)(H,21,25)/t11-/m1/s1. The van der Waals surface area contributed by atoms with Crippen LogP contribution in [0.4, 0.5) is 5.69 Å². The molecule has 3 rings (SSSR count). The van der Waals surface area contributed by atoms with Gasteiger partial charge in [-0.15, -0.1) is 10.2 Å². The molecule has 1 atom stereocenters. The molecule has 26 heavy (non-hydrogen) atoms. The predicted molar refractivity (Wildman–Crippen MR) is 102 cm³/mol. The number of halogens is 1. The lowest BCUT2D eigenvalue weighted by Gasteiger charge is -2.12. The zero-order valence-corrected chi connectivity index (χ0v) is 15.3. The summed E-state index contributed by atoms with van der Waals surface area (Å²) < 4.78 is 0. The molecule has 2 N–H and O–H groups in total. The van der Waals surface area contributed by atoms with E-state index in [0.717, 1.165) is 16.9 Å². The zero-order valence-electron chi connectivity index (χ0n) is 13.8. The number of nitrogens with one attached hydrogen (secondary N) is 2. The Morgan fingerprint density at radius 1 is 1.00 bits per heavy atom. The largest absolute Gasteiger partial charge is 0.343 e. The van der Waals surface area contributed by atoms with Crippen LogP contribution in [0, 0.1) is 0 Å². The van der Waals surface area contributed by atoms with Gasteiger partial charge in [0.15, 0.2) is 0 Å². The number of amides is 2. The third-order valence-electron chi connectivity index (χ3n) is 3.54. The second-order valence-corrected chi connectivity index (χ2v) is 6.90. The van der Waals surface area contributed by atoms with Gasteiger partial charge in [-0.1, -0.05) is 59.3 Å². The molecule has 0 saturated carbocycles. The lowest BCUT2D eigenvalue weighted by molar-refractivity contribution is 0.0937. The normalized spacial score (nSPS) is 11.6. The number of aromatic nitrogens is 2. The zero-order chi connectivity index (χ0) is 18.5. The van der Waals surface area contributed by atoms with Crippen LogP contribution >= 0.6 is 22.9 Å². The van der Waals surface area contributed by atoms with Crippen molar-refractivity contribution in [2.45, 2.75) is 13.0 Å². The molecule has 1 aromatic heterocycles. The maximum absolute atomic E-state index is 12.3. The van der Waals surface area contributed by atoms with Crippen molar-refractivity contribution in [3.05, 3.63) is 75.2 Å². The molecule has 0 aliphatic rings. The van der Waals surface area contributed by atoms with Gasteiger partial charge in [0, 0.05) is 10.7 Å². The molecule has 2 aromatic carbocycles. The highest BCUT2D eigenvalue weighted by atomic mass is 35.5. The third kappa shape index (κ3) is 4.44. The van der Waals surface area contributed by atoms with E-state index in [9.17, 15) is 9.59 Å². The topological polar surface area (TPSA) is 84.0 Å². The van der Waals surface area contributed by atoms with Crippen LogP contribution in [0.25, 0.3) is 0 Å². The van der Waals surface area contributed by atoms with Crippen LogP contribution in [0.5, 0.6) is 0 Å². The molecule has 3 aromatic rings. The van der Waals surface area contributed by atoms with E-state index in [0.29, 0.717) is 10.7 Å². The lowest BCUT2D eigenvalue weighted by atomic mass is 10.1. The van der Waals surface area contributed by atoms with Gasteiger partial charge in [-0.2, -0.15) is 0 Å². The van der Waals surface area contributed by atoms with E-state index in [-0.39, 0.29) is 22.0 Å². The van der Waals surface area contributed by atoms with Gasteiger partial charge in [0.2, 0.25) is 10.0 Å². The quantitative estimate of drug-likeness (QED) is 0.695. The fourth-order valence-electron chi connectivity index (χ4n) is 2.24. The number of carbonyl (C=O) groups is 2. The molecular formula is C18H15ClN4O2S. The first kappa shape index (κ1) is 18.0. The van der Waals surface area contributed by atoms with Gasteiger partial charge < -0.3 is 10.6 Å². The van der Waals surface area contributed by atoms with E-state index in [1.165, 1.54) is 0 Å². The van der Waals surface area contributed by atoms with E-state index < -0.39 is 5.91 Å². The highest BCUT2D eigenvalue weighted by Crippen LogP contribution is 2.18. The first-order valence-corrected chi connectivity index (χ1v) is 8.98. The molecule has 0 radical (unpaired) electrons. The maximum Gasteiger partial charge on any atom is 0.286 e. The van der Waals surface area contributed by atoms with Crippen molar-refractivity contribution in [3.8, 4) is 0 Å². The summed E-state index contributed by atoms with van der Waals surface area (Å²) in [4.78, 5) is 24.5. The second kappa shape index (κ2) is 8.07. The summed E-state index contributed by atoms with van der Waals surface area (Å²) in [5.41, 5.74) is 1.52. The first-order valence-electron chi connectivity index (χ1n) is 7.79. The Bertz CT molecular complexity index is 930. The molecule has 1 heterocycles. The van der Waals surface area contributed by atoms with Crippen molar-refractivity contribution in [1.29, 1.82) is 0 Å². The minimum atomic E-state index is -0.445. The second-order valence-electron chi connectivity index (χ2n) is 5.48. The van der Waals surface area contributed by atoms with Crippen molar-refractivity contribution in [1.82, 2.24) is 15.5 Å². The molecule has 8 heteroatoms. The SMILES string of the molecule is C[C@@H](NC(=O)c1nnc(C(=O)Nc2cccc(Cl)c2)s1)c1ccccc1. The third-order valence-corrected chi connectivity index (χ3v) is 4.70. The van der Waals surface area contributed by atoms with Gasteiger partial charge in [-0.05, 0) is 30.7 Å². The van der Waals surface area contributed by atoms with Crippen LogP contribution in [0.15, 0.2) is 54.6 Å². The van der Waals surface area contributed by atoms with Crippen LogP contribution in [0.1, 0.15) is 38.1 Å². The van der Waals surface area contributed by atoms with Crippen LogP contribution < -0.4 is 10.6 Å². The van der Waals surface area contributed by atoms with Crippen molar-refractivity contribution in [2.75, 3.05) is 5.32 Å². The molecule has 0 aliphatic heterocycles. The first-order chi connectivity index (χ1) is 12.5. The van der Waals surface area contributed by atoms with E-state index in [1.807, 2.05) is 37.3 Å². The molecule has 0 aliphatic carbocycles. The smallest absolute Gasteiger partial charge is 0.286 e. The predicted octanol–water partition coefficient (Wildman–Crippen LogP) is 3.93. The van der Waals surface area contributed by atoms with Crippen LogP contribution in [0.3, 0.4) is 0 Å². The Morgan fingerprint density at radius 3 is 2.38 bits per heavy atom. The van der Waals surface area contributed by atoms with Crippen LogP contribution in [-0.2, 0) is 0 Å². The molecule has 0 fully saturated rings. The highest BCUT2D eigenvalue weighted by Gasteiger charge is 2.19. The summed E-state index contributed by atoms with van der Waals surface area (Å²) in [6, 6.07) is 16.1. The number of rotatable bonds is 5. The van der Waals surface area contributed by atoms with Gasteiger partial charge in [-0.3, -0.25) is 9.59 Å². The Labute approximate surface area is 159 Å². The molecule has 0 bridgehead atoms. The fraction of sp³-hybridized carbons (Fsp3) is 0.111. The summed E-state index contributed by atoms with van der Waals surface area (Å²) in [5.74, 6) is -0.819. The van der Waals surface area contributed by atoms with Crippen molar-refractivity contribution < 1.29 is 9.59 Å². The molecule has 2 amide bonds. The summed E-state index contributed by atoms with van der Waals surface area (Å²) in [6.07, 6.45) is 0. The van der Waals surface area contributed by atoms with Gasteiger partial charge in [0.1, 0.15) is 0 Å². The average Bonchev–Trinajstić information content (AvgIpc) is 3.13. The van der Waals surface area contributed by atoms with E-state index in [1.54, 1.807) is 24.3 Å². The number of hydrogen-bond donors (Lipinski definition) is 2. The van der Waals surface area contributed by atoms with Gasteiger partial charge in [0.05, 0.1) is 6.04 Å². The minimum Gasteiger partial charge on any atom is -0.343 e. The highest BCUT2D eigenvalue weighted by molar-refractivity contribution is 7.15. The Morgan fingerprint density at radius 2 is 1.69 bits per heavy atom. The number of hydrogen-bond acceptors (Lipinski definition) is 5. The Hall–Kier alpha value is -2.77. The number of anilines is 1. The number of nitrogens with zero attached hydrogens (tertiary/aromatic N) is 2. The van der Waals surface area contributed by atoms with Crippen molar-refractivity contribution in [3.63, 3.8) is 0 Å². The summed E-state index contributed by atoms with van der Waals surface area (Å²) >= 11 is 6.82. The van der Waals surface area contributed by atoms with Gasteiger partial charge >= 0.3 is 0 Å². The van der Waals surface area contributed by atoms with Crippen molar-refractivity contribution in [2.24, 2.45) is 0 Å². The van der Waals surface area contributed by atoms with E-state index in [4.69, 9.17) is 11.6 Å². The number of benzene rings is 2. The monoisotopic (exact) mass is 386 g/mol. The summed E-state index contributed by atoms with van der Waals surface area (Å²) in [7, 11) is 0. The van der Waals surface area contributed by atoms with Crippen molar-refractivity contribution >= 4 is 40.4 Å². The van der Waals surface area contributed by atoms with Gasteiger partial charge in [0.25, 0.3) is 11.8 Å². The average molecular weight is 387 g/mol. The molecule has 6 nitrogen and oxygen atoms in total. The molecule has 0 spiro atoms. The van der Waals surface area contributed by atoms with Crippen LogP contribution in [0.2, 0.25) is 5.02 Å².